The van der Waals surface area contributed by atoms with Crippen LogP contribution in [0.3, 0.4) is 0 Å². The molecule has 5 nitrogen and oxygen atoms in total. The van der Waals surface area contributed by atoms with Crippen molar-refractivity contribution in [2.45, 2.75) is 0 Å². The van der Waals surface area contributed by atoms with Crippen LogP contribution in [0.2, 0.25) is 0 Å². The van der Waals surface area contributed by atoms with Gasteiger partial charge in [-0.2, -0.15) is 0 Å². The lowest BCUT2D eigenvalue weighted by Crippen LogP contribution is -2.17. The molecule has 14 heavy (non-hydrogen) atoms. The highest BCUT2D eigenvalue weighted by molar-refractivity contribution is 7.48. The summed E-state index contributed by atoms with van der Waals surface area (Å²) in [5.74, 6) is 0. The summed E-state index contributed by atoms with van der Waals surface area (Å²) < 4.78 is 26.2. The van der Waals surface area contributed by atoms with Crippen LogP contribution in [0.15, 0.2) is 12.7 Å². The third-order valence-electron chi connectivity index (χ3n) is 1.36. The fourth-order valence-electron chi connectivity index (χ4n) is 0.622. The van der Waals surface area contributed by atoms with Crippen LogP contribution in [0.4, 0.5) is 0 Å². The molecule has 0 heterocycles. The van der Waals surface area contributed by atoms with Gasteiger partial charge in [0.1, 0.15) is 0 Å². The first kappa shape index (κ1) is 13.8. The average molecular weight is 223 g/mol. The lowest BCUT2D eigenvalue weighted by Gasteiger charge is -2.16. The molecule has 0 aliphatic rings. The lowest BCUT2D eigenvalue weighted by molar-refractivity contribution is 0.133. The summed E-state index contributed by atoms with van der Waals surface area (Å²) in [7, 11) is 1.71. The van der Waals surface area contributed by atoms with Crippen LogP contribution in [0.1, 0.15) is 0 Å². The van der Waals surface area contributed by atoms with Gasteiger partial charge in [0.2, 0.25) is 0 Å². The van der Waals surface area contributed by atoms with E-state index >= 15 is 0 Å². The van der Waals surface area contributed by atoms with Crippen molar-refractivity contribution in [3.63, 3.8) is 0 Å². The normalized spacial score (nSPS) is 15.4. The molecule has 0 aromatic heterocycles. The SMILES string of the molecule is C=CCOP(=O)(OC)OCCN(C)C. The number of hydrogen-bond acceptors (Lipinski definition) is 5. The fourth-order valence-corrected chi connectivity index (χ4v) is 1.50. The topological polar surface area (TPSA) is 48.0 Å². The van der Waals surface area contributed by atoms with Gasteiger partial charge in [-0.3, -0.25) is 13.6 Å². The van der Waals surface area contributed by atoms with Crippen LogP contribution in [0, 0.1) is 0 Å². The first-order valence-corrected chi connectivity index (χ1v) is 5.70. The number of likely N-dealkylation sites (N-methyl/N-ethyl adjacent to an activating group) is 1. The monoisotopic (exact) mass is 223 g/mol. The van der Waals surface area contributed by atoms with Gasteiger partial charge in [-0.15, -0.1) is 6.58 Å². The van der Waals surface area contributed by atoms with Gasteiger partial charge in [-0.1, -0.05) is 6.08 Å². The van der Waals surface area contributed by atoms with Gasteiger partial charge in [0.05, 0.1) is 13.2 Å². The van der Waals surface area contributed by atoms with Crippen LogP contribution in [-0.4, -0.2) is 45.9 Å². The second-order valence-corrected chi connectivity index (χ2v) is 4.63. The Balaban J connectivity index is 3.86. The highest BCUT2D eigenvalue weighted by Gasteiger charge is 2.23. The Labute approximate surface area is 85.3 Å². The summed E-state index contributed by atoms with van der Waals surface area (Å²) in [6, 6.07) is 0. The maximum absolute atomic E-state index is 11.6. The summed E-state index contributed by atoms with van der Waals surface area (Å²) in [6.45, 7) is 4.55. The molecular weight excluding hydrogens is 205 g/mol. The molecule has 1 unspecified atom stereocenters. The number of phosphoric ester groups is 1. The molecule has 0 amide bonds. The van der Waals surface area contributed by atoms with Crippen molar-refractivity contribution >= 4 is 7.82 Å². The zero-order chi connectivity index (χ0) is 11.0. The Morgan fingerprint density at radius 3 is 2.50 bits per heavy atom. The molecule has 0 fully saturated rings. The Hall–Kier alpha value is -0.190. The van der Waals surface area contributed by atoms with Crippen molar-refractivity contribution in [3.05, 3.63) is 12.7 Å². The third-order valence-corrected chi connectivity index (χ3v) is 2.77. The smallest absolute Gasteiger partial charge is 0.307 e. The second-order valence-electron chi connectivity index (χ2n) is 2.85. The lowest BCUT2D eigenvalue weighted by atomic mass is 10.6. The number of rotatable bonds is 8. The van der Waals surface area contributed by atoms with Gasteiger partial charge in [-0.25, -0.2) is 4.57 Å². The van der Waals surface area contributed by atoms with Crippen molar-refractivity contribution in [2.75, 3.05) is 41.0 Å². The van der Waals surface area contributed by atoms with E-state index in [2.05, 4.69) is 11.1 Å². The highest BCUT2D eigenvalue weighted by atomic mass is 31.2. The summed E-state index contributed by atoms with van der Waals surface area (Å²) >= 11 is 0. The van der Waals surface area contributed by atoms with Crippen molar-refractivity contribution in [1.82, 2.24) is 4.90 Å². The summed E-state index contributed by atoms with van der Waals surface area (Å²) in [5, 5.41) is 0. The molecule has 0 aromatic rings. The molecule has 0 spiro atoms. The molecular formula is C8H18NO4P. The van der Waals surface area contributed by atoms with E-state index in [0.717, 1.165) is 0 Å². The van der Waals surface area contributed by atoms with E-state index in [9.17, 15) is 4.57 Å². The molecule has 0 aliphatic carbocycles. The van der Waals surface area contributed by atoms with Crippen molar-refractivity contribution < 1.29 is 18.1 Å². The molecule has 0 saturated carbocycles. The summed E-state index contributed by atoms with van der Waals surface area (Å²) in [6.07, 6.45) is 1.49. The van der Waals surface area contributed by atoms with Crippen molar-refractivity contribution in [3.8, 4) is 0 Å². The molecule has 0 bridgehead atoms. The molecule has 0 radical (unpaired) electrons. The fraction of sp³-hybridized carbons (Fsp3) is 0.750. The van der Waals surface area contributed by atoms with E-state index in [1.807, 2.05) is 19.0 Å². The van der Waals surface area contributed by atoms with Crippen molar-refractivity contribution in [2.24, 2.45) is 0 Å². The zero-order valence-corrected chi connectivity index (χ0v) is 9.83. The maximum Gasteiger partial charge on any atom is 0.474 e. The van der Waals surface area contributed by atoms with Crippen molar-refractivity contribution in [1.29, 1.82) is 0 Å². The van der Waals surface area contributed by atoms with E-state index in [4.69, 9.17) is 9.05 Å². The summed E-state index contributed by atoms with van der Waals surface area (Å²) in [5.41, 5.74) is 0. The quantitative estimate of drug-likeness (QED) is 0.461. The van der Waals surface area contributed by atoms with E-state index in [1.54, 1.807) is 0 Å². The van der Waals surface area contributed by atoms with Crippen LogP contribution in [0.5, 0.6) is 0 Å². The third kappa shape index (κ3) is 6.29. The van der Waals surface area contributed by atoms with E-state index < -0.39 is 7.82 Å². The predicted molar refractivity (Wildman–Crippen MR) is 55.3 cm³/mol. The minimum absolute atomic E-state index is 0.146. The average Bonchev–Trinajstić information content (AvgIpc) is 2.14. The maximum atomic E-state index is 11.6. The van der Waals surface area contributed by atoms with Gasteiger partial charge in [-0.05, 0) is 14.1 Å². The van der Waals surface area contributed by atoms with Crippen LogP contribution >= 0.6 is 7.82 Å². The number of phosphoric acid groups is 1. The standard InChI is InChI=1S/C8H18NO4P/c1-5-7-12-14(10,11-4)13-8-6-9(2)3/h5H,1,6-8H2,2-4H3. The molecule has 0 aromatic carbocycles. The molecule has 0 aliphatic heterocycles. The van der Waals surface area contributed by atoms with Gasteiger partial charge in [0.15, 0.2) is 0 Å². The van der Waals surface area contributed by atoms with Gasteiger partial charge >= 0.3 is 7.82 Å². The highest BCUT2D eigenvalue weighted by Crippen LogP contribution is 2.48. The number of hydrogen-bond donors (Lipinski definition) is 0. The number of nitrogens with zero attached hydrogens (tertiary/aromatic N) is 1. The minimum atomic E-state index is -3.37. The first-order valence-electron chi connectivity index (χ1n) is 4.24. The van der Waals surface area contributed by atoms with E-state index in [0.29, 0.717) is 13.2 Å². The first-order chi connectivity index (χ1) is 6.54. The van der Waals surface area contributed by atoms with Gasteiger partial charge in [0, 0.05) is 13.7 Å². The van der Waals surface area contributed by atoms with Crippen LogP contribution < -0.4 is 0 Å². The van der Waals surface area contributed by atoms with Gasteiger partial charge in [0.25, 0.3) is 0 Å². The van der Waals surface area contributed by atoms with E-state index in [1.165, 1.54) is 13.2 Å². The Kier molecular flexibility index (Phi) is 7.05. The molecule has 6 heteroatoms. The molecule has 0 rings (SSSR count). The largest absolute Gasteiger partial charge is 0.474 e. The zero-order valence-electron chi connectivity index (χ0n) is 8.93. The summed E-state index contributed by atoms with van der Waals surface area (Å²) in [4.78, 5) is 1.91. The molecule has 0 saturated heterocycles. The Morgan fingerprint density at radius 2 is 2.07 bits per heavy atom. The van der Waals surface area contributed by atoms with Gasteiger partial charge < -0.3 is 4.90 Å². The second kappa shape index (κ2) is 7.15. The molecule has 0 N–H and O–H groups in total. The Morgan fingerprint density at radius 1 is 1.43 bits per heavy atom. The van der Waals surface area contributed by atoms with E-state index in [-0.39, 0.29) is 6.61 Å². The predicted octanol–water partition coefficient (Wildman–Crippen LogP) is 1.52. The minimum Gasteiger partial charge on any atom is -0.307 e. The molecule has 1 atom stereocenters. The van der Waals surface area contributed by atoms with Crippen LogP contribution in [0.25, 0.3) is 0 Å². The molecule has 84 valence electrons. The Bertz CT molecular complexity index is 208. The van der Waals surface area contributed by atoms with Crippen LogP contribution in [-0.2, 0) is 18.1 Å².